The molecule has 0 saturated carbocycles. The van der Waals surface area contributed by atoms with Crippen LogP contribution in [0.3, 0.4) is 0 Å². The van der Waals surface area contributed by atoms with Gasteiger partial charge in [-0.3, -0.25) is 24.3 Å². The van der Waals surface area contributed by atoms with Crippen LogP contribution in [-0.4, -0.2) is 120 Å². The van der Waals surface area contributed by atoms with Gasteiger partial charge in [0, 0.05) is 65.4 Å². The van der Waals surface area contributed by atoms with E-state index in [4.69, 9.17) is 4.74 Å². The van der Waals surface area contributed by atoms with Gasteiger partial charge in [0.1, 0.15) is 18.3 Å². The molecule has 2 aliphatic heterocycles. The van der Waals surface area contributed by atoms with Crippen LogP contribution in [0.25, 0.3) is 0 Å². The Morgan fingerprint density at radius 2 is 1.79 bits per heavy atom. The molecular formula is C31H52N6O5. The maximum atomic E-state index is 13.5. The van der Waals surface area contributed by atoms with E-state index in [-0.39, 0.29) is 41.1 Å². The van der Waals surface area contributed by atoms with Crippen LogP contribution < -0.4 is 0 Å². The first kappa shape index (κ1) is 33.6. The lowest BCUT2D eigenvalue weighted by Gasteiger charge is -2.41. The Balaban J connectivity index is 1.57. The molecule has 236 valence electrons. The van der Waals surface area contributed by atoms with Crippen molar-refractivity contribution < 1.29 is 23.9 Å². The van der Waals surface area contributed by atoms with Crippen molar-refractivity contribution >= 4 is 23.6 Å². The number of carbonyl (C=O) groups is 4. The second-order valence-corrected chi connectivity index (χ2v) is 13.4. The first-order valence-corrected chi connectivity index (χ1v) is 15.4. The third-order valence-electron chi connectivity index (χ3n) is 9.05. The van der Waals surface area contributed by atoms with Gasteiger partial charge < -0.3 is 24.3 Å². The molecule has 11 heteroatoms. The molecule has 2 saturated heterocycles. The second kappa shape index (κ2) is 14.5. The summed E-state index contributed by atoms with van der Waals surface area (Å²) in [5, 5.41) is 7.16. The maximum absolute atomic E-state index is 13.5. The van der Waals surface area contributed by atoms with Crippen molar-refractivity contribution in [2.24, 2.45) is 5.41 Å². The topological polar surface area (TPSA) is 119 Å². The van der Waals surface area contributed by atoms with Gasteiger partial charge in [-0.15, -0.1) is 0 Å². The lowest BCUT2D eigenvalue weighted by molar-refractivity contribution is -0.147. The number of rotatable bonds is 6. The van der Waals surface area contributed by atoms with E-state index in [1.807, 2.05) is 11.9 Å². The highest BCUT2D eigenvalue weighted by atomic mass is 16.5. The van der Waals surface area contributed by atoms with Crippen molar-refractivity contribution in [3.63, 3.8) is 0 Å². The van der Waals surface area contributed by atoms with Gasteiger partial charge >= 0.3 is 0 Å². The van der Waals surface area contributed by atoms with Crippen LogP contribution in [0.2, 0.25) is 0 Å². The number of aromatic nitrogens is 2. The van der Waals surface area contributed by atoms with E-state index < -0.39 is 6.04 Å². The molecule has 2 aliphatic rings. The first-order valence-electron chi connectivity index (χ1n) is 15.4. The highest BCUT2D eigenvalue weighted by Crippen LogP contribution is 2.37. The molecule has 0 bridgehead atoms. The van der Waals surface area contributed by atoms with Crippen molar-refractivity contribution in [3.8, 4) is 0 Å². The normalized spacial score (nSPS) is 21.1. The Kier molecular flexibility index (Phi) is 11.6. The van der Waals surface area contributed by atoms with Crippen molar-refractivity contribution in [2.45, 2.75) is 90.5 Å². The van der Waals surface area contributed by atoms with Crippen LogP contribution in [0, 0.1) is 5.41 Å². The lowest BCUT2D eigenvalue weighted by Crippen LogP contribution is -2.49. The molecule has 1 spiro atoms. The number of aromatic amines is 1. The summed E-state index contributed by atoms with van der Waals surface area (Å²) < 4.78 is 6.01. The lowest BCUT2D eigenvalue weighted by atomic mass is 9.75. The number of unbranched alkanes of at least 4 members (excludes halogenated alkanes) is 1. The Hall–Kier alpha value is -2.95. The van der Waals surface area contributed by atoms with Gasteiger partial charge in [-0.05, 0) is 56.4 Å². The molecule has 3 heterocycles. The van der Waals surface area contributed by atoms with Crippen molar-refractivity contribution in [1.29, 1.82) is 0 Å². The molecular weight excluding hydrogens is 536 g/mol. The molecule has 0 radical (unpaired) electrons. The summed E-state index contributed by atoms with van der Waals surface area (Å²) in [4.78, 5) is 58.2. The number of amides is 4. The first-order chi connectivity index (χ1) is 19.7. The molecule has 4 amide bonds. The van der Waals surface area contributed by atoms with E-state index in [1.54, 1.807) is 36.9 Å². The monoisotopic (exact) mass is 588 g/mol. The van der Waals surface area contributed by atoms with Gasteiger partial charge in [0.25, 0.3) is 5.91 Å². The van der Waals surface area contributed by atoms with Crippen LogP contribution in [0.4, 0.5) is 0 Å². The van der Waals surface area contributed by atoms with E-state index in [0.717, 1.165) is 37.8 Å². The average molecular weight is 589 g/mol. The van der Waals surface area contributed by atoms with Crippen LogP contribution in [0.15, 0.2) is 6.07 Å². The number of nitrogens with one attached hydrogen (secondary N) is 1. The zero-order valence-corrected chi connectivity index (χ0v) is 26.8. The zero-order valence-electron chi connectivity index (χ0n) is 26.8. The molecule has 11 nitrogen and oxygen atoms in total. The SMILES string of the molecule is CC(=O)N1CCC2(CCCCN(C)C(=O)[C@H](CCCCN(C)C(=O)c3cc(C(C)(C)C)[nH]n3)N(C)C(=O)COC2)CC1. The average Bonchev–Trinajstić information content (AvgIpc) is 3.45. The molecule has 1 N–H and O–H groups in total. The number of likely N-dealkylation sites (N-methyl/N-ethyl adjacent to an activating group) is 2. The minimum atomic E-state index is -0.582. The fourth-order valence-electron chi connectivity index (χ4n) is 5.89. The minimum absolute atomic E-state index is 0.0471. The van der Waals surface area contributed by atoms with E-state index in [9.17, 15) is 19.2 Å². The van der Waals surface area contributed by atoms with Gasteiger partial charge in [-0.25, -0.2) is 0 Å². The molecule has 2 fully saturated rings. The number of H-pyrrole nitrogens is 1. The zero-order chi connectivity index (χ0) is 31.1. The van der Waals surface area contributed by atoms with Crippen LogP contribution >= 0.6 is 0 Å². The molecule has 3 rings (SSSR count). The van der Waals surface area contributed by atoms with E-state index in [0.29, 0.717) is 57.7 Å². The Labute approximate surface area is 251 Å². The van der Waals surface area contributed by atoms with E-state index in [2.05, 4.69) is 31.0 Å². The third-order valence-corrected chi connectivity index (χ3v) is 9.05. The summed E-state index contributed by atoms with van der Waals surface area (Å²) in [5.41, 5.74) is 1.13. The standard InChI is InChI=1S/C31H52N6O5/c1-23(38)37-18-14-31(15-19-37)13-9-11-17-35(6)29(41)25(36(7)27(39)21-42-22-31)12-8-10-16-34(5)28(40)24-20-26(33-32-24)30(2,3)4/h20,25H,8-19,21-22H2,1-7H3,(H,32,33)/t25-/m0/s1. The fraction of sp³-hybridized carbons (Fsp3) is 0.774. The van der Waals surface area contributed by atoms with Gasteiger partial charge in [0.2, 0.25) is 17.7 Å². The highest BCUT2D eigenvalue weighted by molar-refractivity contribution is 5.92. The van der Waals surface area contributed by atoms with Crippen molar-refractivity contribution in [3.05, 3.63) is 17.5 Å². The number of carbonyl (C=O) groups excluding carboxylic acids is 4. The summed E-state index contributed by atoms with van der Waals surface area (Å²) in [5.74, 6) is -0.319. The van der Waals surface area contributed by atoms with Crippen LogP contribution in [0.1, 0.15) is 95.2 Å². The Morgan fingerprint density at radius 3 is 2.40 bits per heavy atom. The van der Waals surface area contributed by atoms with Gasteiger partial charge in [-0.1, -0.05) is 27.2 Å². The van der Waals surface area contributed by atoms with Gasteiger partial charge in [0.05, 0.1) is 6.61 Å². The molecule has 1 atom stereocenters. The largest absolute Gasteiger partial charge is 0.371 e. The van der Waals surface area contributed by atoms with E-state index in [1.165, 1.54) is 4.90 Å². The van der Waals surface area contributed by atoms with Gasteiger partial charge in [-0.2, -0.15) is 5.10 Å². The molecule has 42 heavy (non-hydrogen) atoms. The van der Waals surface area contributed by atoms with Crippen LogP contribution in [0.5, 0.6) is 0 Å². The number of nitrogens with zero attached hydrogens (tertiary/aromatic N) is 5. The number of piperidine rings is 1. The highest BCUT2D eigenvalue weighted by Gasteiger charge is 2.36. The molecule has 0 aliphatic carbocycles. The van der Waals surface area contributed by atoms with Crippen molar-refractivity contribution in [2.75, 3.05) is 60.5 Å². The Morgan fingerprint density at radius 1 is 1.10 bits per heavy atom. The smallest absolute Gasteiger partial charge is 0.274 e. The predicted octanol–water partition coefficient (Wildman–Crippen LogP) is 3.06. The van der Waals surface area contributed by atoms with Gasteiger partial charge in [0.15, 0.2) is 0 Å². The number of hydrogen-bond donors (Lipinski definition) is 1. The molecule has 1 aromatic rings. The number of hydrogen-bond acceptors (Lipinski definition) is 6. The summed E-state index contributed by atoms with van der Waals surface area (Å²) >= 11 is 0. The summed E-state index contributed by atoms with van der Waals surface area (Å²) in [6, 6.07) is 1.22. The van der Waals surface area contributed by atoms with Crippen LogP contribution in [-0.2, 0) is 24.5 Å². The number of ether oxygens (including phenoxy) is 1. The summed E-state index contributed by atoms with van der Waals surface area (Å²) in [6.45, 7) is 10.8. The summed E-state index contributed by atoms with van der Waals surface area (Å²) in [6.07, 6.45) is 6.41. The molecule has 0 aromatic carbocycles. The summed E-state index contributed by atoms with van der Waals surface area (Å²) in [7, 11) is 5.26. The second-order valence-electron chi connectivity index (χ2n) is 13.4. The fourth-order valence-corrected chi connectivity index (χ4v) is 5.89. The third kappa shape index (κ3) is 8.78. The number of likely N-dealkylation sites (tertiary alicyclic amines) is 1. The predicted molar refractivity (Wildman–Crippen MR) is 161 cm³/mol. The maximum Gasteiger partial charge on any atom is 0.274 e. The molecule has 1 aromatic heterocycles. The minimum Gasteiger partial charge on any atom is -0.371 e. The quantitative estimate of drug-likeness (QED) is 0.511. The molecule has 0 unspecified atom stereocenters. The Bertz CT molecular complexity index is 1090. The van der Waals surface area contributed by atoms with Crippen molar-refractivity contribution in [1.82, 2.24) is 29.8 Å². The van der Waals surface area contributed by atoms with E-state index >= 15 is 0 Å².